The van der Waals surface area contributed by atoms with Gasteiger partial charge in [-0.2, -0.15) is 5.26 Å². The molecule has 0 amide bonds. The summed E-state index contributed by atoms with van der Waals surface area (Å²) in [5, 5.41) is 12.6. The highest BCUT2D eigenvalue weighted by Crippen LogP contribution is 2.29. The van der Waals surface area contributed by atoms with Gasteiger partial charge in [-0.3, -0.25) is 0 Å². The molecule has 0 aromatic heterocycles. The van der Waals surface area contributed by atoms with Gasteiger partial charge in [-0.25, -0.2) is 0 Å². The number of nitrogens with zero attached hydrogens (tertiary/aromatic N) is 1. The number of nitriles is 1. The van der Waals surface area contributed by atoms with Crippen LogP contribution >= 0.6 is 15.9 Å². The van der Waals surface area contributed by atoms with Crippen molar-refractivity contribution in [1.29, 1.82) is 5.26 Å². The van der Waals surface area contributed by atoms with Gasteiger partial charge in [-0.05, 0) is 61.7 Å². The van der Waals surface area contributed by atoms with Crippen molar-refractivity contribution in [2.24, 2.45) is 0 Å². The van der Waals surface area contributed by atoms with E-state index in [1.165, 1.54) is 0 Å². The van der Waals surface area contributed by atoms with Gasteiger partial charge in [0.05, 0.1) is 11.3 Å². The Bertz CT molecular complexity index is 646. The lowest BCUT2D eigenvalue weighted by Gasteiger charge is -2.15. The Morgan fingerprint density at radius 1 is 1.05 bits per heavy atom. The molecule has 0 fully saturated rings. The zero-order valence-corrected chi connectivity index (χ0v) is 12.8. The average Bonchev–Trinajstić information content (AvgIpc) is 2.34. The van der Waals surface area contributed by atoms with Crippen LogP contribution in [0, 0.1) is 32.1 Å². The van der Waals surface area contributed by atoms with Crippen molar-refractivity contribution in [3.8, 4) is 6.07 Å². The maximum absolute atomic E-state index is 9.17. The summed E-state index contributed by atoms with van der Waals surface area (Å²) in [7, 11) is 0. The molecule has 0 saturated carbocycles. The number of anilines is 2. The van der Waals surface area contributed by atoms with Crippen LogP contribution in [0.1, 0.15) is 22.3 Å². The van der Waals surface area contributed by atoms with E-state index in [0.29, 0.717) is 5.56 Å². The molecule has 2 rings (SSSR count). The molecule has 0 unspecified atom stereocenters. The number of nitrogens with one attached hydrogen (secondary N) is 1. The molecule has 96 valence electrons. The fourth-order valence-electron chi connectivity index (χ4n) is 2.10. The second-order valence-corrected chi connectivity index (χ2v) is 5.62. The van der Waals surface area contributed by atoms with E-state index in [9.17, 15) is 5.26 Å². The van der Waals surface area contributed by atoms with Crippen LogP contribution in [0.4, 0.5) is 11.4 Å². The predicted octanol–water partition coefficient (Wildman–Crippen LogP) is 4.99. The average molecular weight is 315 g/mol. The molecule has 0 spiro atoms. The molecule has 2 aromatic carbocycles. The standard InChI is InChI=1S/C16H15BrN2/c1-10-4-5-13(9-18)15(6-10)19-16-11(2)7-14(17)8-12(16)3/h4-8,19H,1-3H3. The number of aryl methyl sites for hydroxylation is 3. The largest absolute Gasteiger partial charge is 0.354 e. The van der Waals surface area contributed by atoms with Crippen LogP contribution < -0.4 is 5.32 Å². The fourth-order valence-corrected chi connectivity index (χ4v) is 2.79. The Balaban J connectivity index is 2.48. The first-order valence-electron chi connectivity index (χ1n) is 6.06. The lowest BCUT2D eigenvalue weighted by Crippen LogP contribution is -1.99. The van der Waals surface area contributed by atoms with Crippen molar-refractivity contribution in [2.75, 3.05) is 5.32 Å². The van der Waals surface area contributed by atoms with E-state index in [0.717, 1.165) is 32.5 Å². The highest BCUT2D eigenvalue weighted by Gasteiger charge is 2.08. The summed E-state index contributed by atoms with van der Waals surface area (Å²) in [6, 6.07) is 12.2. The van der Waals surface area contributed by atoms with Crippen LogP contribution in [0.5, 0.6) is 0 Å². The van der Waals surface area contributed by atoms with Crippen LogP contribution in [0.15, 0.2) is 34.8 Å². The number of hydrogen-bond donors (Lipinski definition) is 1. The molecule has 0 saturated heterocycles. The molecule has 2 nitrogen and oxygen atoms in total. The zero-order chi connectivity index (χ0) is 14.0. The normalized spacial score (nSPS) is 10.1. The first-order valence-corrected chi connectivity index (χ1v) is 6.85. The molecule has 0 radical (unpaired) electrons. The summed E-state index contributed by atoms with van der Waals surface area (Å²) in [5.74, 6) is 0. The maximum Gasteiger partial charge on any atom is 0.101 e. The summed E-state index contributed by atoms with van der Waals surface area (Å²) in [6.45, 7) is 6.14. The van der Waals surface area contributed by atoms with Crippen molar-refractivity contribution in [2.45, 2.75) is 20.8 Å². The second kappa shape index (κ2) is 5.46. The van der Waals surface area contributed by atoms with E-state index in [-0.39, 0.29) is 0 Å². The van der Waals surface area contributed by atoms with Gasteiger partial charge < -0.3 is 5.32 Å². The van der Waals surface area contributed by atoms with E-state index >= 15 is 0 Å². The molecule has 0 atom stereocenters. The first kappa shape index (κ1) is 13.6. The molecule has 2 aromatic rings. The van der Waals surface area contributed by atoms with Gasteiger partial charge in [0.2, 0.25) is 0 Å². The van der Waals surface area contributed by atoms with Crippen LogP contribution in [0.3, 0.4) is 0 Å². The van der Waals surface area contributed by atoms with E-state index in [4.69, 9.17) is 0 Å². The van der Waals surface area contributed by atoms with E-state index in [1.54, 1.807) is 0 Å². The monoisotopic (exact) mass is 314 g/mol. The second-order valence-electron chi connectivity index (χ2n) is 4.70. The van der Waals surface area contributed by atoms with Gasteiger partial charge in [0.1, 0.15) is 6.07 Å². The fraction of sp³-hybridized carbons (Fsp3) is 0.188. The summed E-state index contributed by atoms with van der Waals surface area (Å²) in [5.41, 5.74) is 6.01. The van der Waals surface area contributed by atoms with Crippen molar-refractivity contribution >= 4 is 27.3 Å². The molecule has 0 aliphatic carbocycles. The van der Waals surface area contributed by atoms with Gasteiger partial charge in [0.25, 0.3) is 0 Å². The first-order chi connectivity index (χ1) is 9.01. The van der Waals surface area contributed by atoms with Crippen molar-refractivity contribution in [3.63, 3.8) is 0 Å². The summed E-state index contributed by atoms with van der Waals surface area (Å²) < 4.78 is 1.07. The Labute approximate surface area is 122 Å². The third kappa shape index (κ3) is 2.97. The minimum absolute atomic E-state index is 0.660. The summed E-state index contributed by atoms with van der Waals surface area (Å²) in [6.07, 6.45) is 0. The molecule has 0 bridgehead atoms. The van der Waals surface area contributed by atoms with Crippen LogP contribution in [0.2, 0.25) is 0 Å². The molecule has 0 heterocycles. The lowest BCUT2D eigenvalue weighted by atomic mass is 10.1. The number of benzene rings is 2. The third-order valence-electron chi connectivity index (χ3n) is 3.05. The lowest BCUT2D eigenvalue weighted by molar-refractivity contribution is 1.33. The minimum atomic E-state index is 0.660. The van der Waals surface area contributed by atoms with Gasteiger partial charge in [0, 0.05) is 10.2 Å². The number of halogens is 1. The Hall–Kier alpha value is -1.79. The van der Waals surface area contributed by atoms with Crippen molar-refractivity contribution in [3.05, 3.63) is 57.1 Å². The van der Waals surface area contributed by atoms with Crippen LogP contribution in [-0.2, 0) is 0 Å². The zero-order valence-electron chi connectivity index (χ0n) is 11.2. The third-order valence-corrected chi connectivity index (χ3v) is 3.51. The molecular weight excluding hydrogens is 300 g/mol. The summed E-state index contributed by atoms with van der Waals surface area (Å²) >= 11 is 3.49. The molecule has 1 N–H and O–H groups in total. The quantitative estimate of drug-likeness (QED) is 0.847. The number of rotatable bonds is 2. The maximum atomic E-state index is 9.17. The Morgan fingerprint density at radius 3 is 2.26 bits per heavy atom. The van der Waals surface area contributed by atoms with Gasteiger partial charge in [-0.1, -0.05) is 22.0 Å². The molecule has 0 aliphatic rings. The van der Waals surface area contributed by atoms with Gasteiger partial charge in [0.15, 0.2) is 0 Å². The predicted molar refractivity (Wildman–Crippen MR) is 82.8 cm³/mol. The van der Waals surface area contributed by atoms with E-state index in [1.807, 2.05) is 25.1 Å². The van der Waals surface area contributed by atoms with Crippen LogP contribution in [-0.4, -0.2) is 0 Å². The molecule has 3 heteroatoms. The molecular formula is C16H15BrN2. The number of hydrogen-bond acceptors (Lipinski definition) is 2. The van der Waals surface area contributed by atoms with Crippen molar-refractivity contribution < 1.29 is 0 Å². The SMILES string of the molecule is Cc1ccc(C#N)c(Nc2c(C)cc(Br)cc2C)c1. The molecule has 0 aliphatic heterocycles. The highest BCUT2D eigenvalue weighted by atomic mass is 79.9. The van der Waals surface area contributed by atoms with E-state index in [2.05, 4.69) is 53.3 Å². The Kier molecular flexibility index (Phi) is 3.92. The van der Waals surface area contributed by atoms with Crippen molar-refractivity contribution in [1.82, 2.24) is 0 Å². The minimum Gasteiger partial charge on any atom is -0.354 e. The summed E-state index contributed by atoms with van der Waals surface area (Å²) in [4.78, 5) is 0. The highest BCUT2D eigenvalue weighted by molar-refractivity contribution is 9.10. The smallest absolute Gasteiger partial charge is 0.101 e. The van der Waals surface area contributed by atoms with Crippen LogP contribution in [0.25, 0.3) is 0 Å². The van der Waals surface area contributed by atoms with Gasteiger partial charge >= 0.3 is 0 Å². The van der Waals surface area contributed by atoms with Gasteiger partial charge in [-0.15, -0.1) is 0 Å². The Morgan fingerprint density at radius 2 is 1.68 bits per heavy atom. The molecule has 19 heavy (non-hydrogen) atoms. The van der Waals surface area contributed by atoms with E-state index < -0.39 is 0 Å². The topological polar surface area (TPSA) is 35.8 Å².